The molecular weight excluding hydrogens is 493 g/mol. The van der Waals surface area contributed by atoms with Crippen LogP contribution in [0.5, 0.6) is 0 Å². The Balaban J connectivity index is 1.60. The molecule has 1 N–H and O–H groups in total. The summed E-state index contributed by atoms with van der Waals surface area (Å²) in [5.41, 5.74) is 3.27. The maximum absolute atomic E-state index is 13.4. The smallest absolute Gasteiger partial charge is 0.338 e. The second kappa shape index (κ2) is 11.8. The quantitative estimate of drug-likeness (QED) is 0.418. The first kappa shape index (κ1) is 26.1. The molecule has 7 nitrogen and oxygen atoms in total. The van der Waals surface area contributed by atoms with Gasteiger partial charge in [-0.3, -0.25) is 14.5 Å². The number of anilines is 1. The van der Waals surface area contributed by atoms with Gasteiger partial charge in [-0.15, -0.1) is 0 Å². The van der Waals surface area contributed by atoms with Crippen molar-refractivity contribution in [3.05, 3.63) is 95.3 Å². The molecular formula is C28H26FN3O4S. The van der Waals surface area contributed by atoms with Crippen LogP contribution in [0, 0.1) is 12.7 Å². The molecule has 1 fully saturated rings. The third kappa shape index (κ3) is 6.83. The zero-order valence-electron chi connectivity index (χ0n) is 20.4. The van der Waals surface area contributed by atoms with Gasteiger partial charge < -0.3 is 10.1 Å². The minimum atomic E-state index is -0.685. The van der Waals surface area contributed by atoms with Gasteiger partial charge in [0.15, 0.2) is 5.17 Å². The Labute approximate surface area is 218 Å². The van der Waals surface area contributed by atoms with E-state index in [4.69, 9.17) is 4.74 Å². The van der Waals surface area contributed by atoms with Crippen LogP contribution >= 0.6 is 11.8 Å². The molecule has 1 atom stereocenters. The Morgan fingerprint density at radius 1 is 1.11 bits per heavy atom. The fourth-order valence-corrected chi connectivity index (χ4v) is 4.81. The Morgan fingerprint density at radius 3 is 2.51 bits per heavy atom. The van der Waals surface area contributed by atoms with Crippen LogP contribution in [-0.2, 0) is 20.9 Å². The van der Waals surface area contributed by atoms with E-state index in [0.717, 1.165) is 11.1 Å². The highest BCUT2D eigenvalue weighted by Gasteiger charge is 2.36. The van der Waals surface area contributed by atoms with Gasteiger partial charge in [-0.2, -0.15) is 0 Å². The average molecular weight is 520 g/mol. The summed E-state index contributed by atoms with van der Waals surface area (Å²) in [5, 5.41) is 2.54. The molecule has 1 saturated heterocycles. The summed E-state index contributed by atoms with van der Waals surface area (Å²) in [6.07, 6.45) is -0.00960. The molecule has 2 amide bonds. The maximum atomic E-state index is 13.4. The highest BCUT2D eigenvalue weighted by Crippen LogP contribution is 2.31. The van der Waals surface area contributed by atoms with Crippen LogP contribution in [0.3, 0.4) is 0 Å². The molecule has 0 spiro atoms. The second-order valence-electron chi connectivity index (χ2n) is 8.44. The number of halogens is 1. The molecule has 190 valence electrons. The number of rotatable bonds is 7. The Bertz CT molecular complexity index is 1330. The van der Waals surface area contributed by atoms with Gasteiger partial charge >= 0.3 is 5.97 Å². The third-order valence-electron chi connectivity index (χ3n) is 5.57. The number of nitrogens with zero attached hydrogens (tertiary/aromatic N) is 2. The normalized spacial score (nSPS) is 16.5. The summed E-state index contributed by atoms with van der Waals surface area (Å²) >= 11 is 1.19. The molecule has 0 bridgehead atoms. The van der Waals surface area contributed by atoms with Gasteiger partial charge in [0, 0.05) is 12.1 Å². The Morgan fingerprint density at radius 2 is 1.84 bits per heavy atom. The number of amidine groups is 1. The third-order valence-corrected chi connectivity index (χ3v) is 6.76. The van der Waals surface area contributed by atoms with Gasteiger partial charge in [-0.05, 0) is 73.5 Å². The van der Waals surface area contributed by atoms with Crippen molar-refractivity contribution in [2.75, 3.05) is 11.9 Å². The summed E-state index contributed by atoms with van der Waals surface area (Å²) in [4.78, 5) is 44.4. The monoisotopic (exact) mass is 519 g/mol. The minimum Gasteiger partial charge on any atom is -0.462 e. The number of nitrogens with one attached hydrogen (secondary N) is 1. The van der Waals surface area contributed by atoms with E-state index in [1.807, 2.05) is 25.1 Å². The standard InChI is InChI=1S/C28H26FN3O4S/c1-3-36-27(35)20-9-13-22(14-10-20)31-28-32(17-19-7-11-21(29)12-8-19)25(33)16-24(37-28)26(34)30-23-6-4-5-18(2)15-23/h4-15,24H,3,16-17H2,1-2H3,(H,30,34). The molecule has 0 saturated carbocycles. The molecule has 1 unspecified atom stereocenters. The van der Waals surface area contributed by atoms with Crippen LogP contribution in [0.2, 0.25) is 0 Å². The van der Waals surface area contributed by atoms with Crippen LogP contribution in [-0.4, -0.2) is 39.7 Å². The number of hydrogen-bond donors (Lipinski definition) is 1. The van der Waals surface area contributed by atoms with Gasteiger partial charge in [-0.25, -0.2) is 14.2 Å². The molecule has 3 aromatic carbocycles. The SMILES string of the molecule is CCOC(=O)c1ccc(N=C2SC(C(=O)Nc3cccc(C)c3)CC(=O)N2Cc2ccc(F)cc2)cc1. The molecule has 0 aliphatic carbocycles. The first-order valence-electron chi connectivity index (χ1n) is 11.8. The Hall–Kier alpha value is -3.98. The number of benzene rings is 3. The van der Waals surface area contributed by atoms with E-state index in [2.05, 4.69) is 10.3 Å². The lowest BCUT2D eigenvalue weighted by molar-refractivity contribution is -0.129. The van der Waals surface area contributed by atoms with Gasteiger partial charge in [0.05, 0.1) is 24.4 Å². The molecule has 1 aliphatic heterocycles. The Kier molecular flexibility index (Phi) is 8.35. The number of esters is 1. The van der Waals surface area contributed by atoms with Crippen molar-refractivity contribution in [1.29, 1.82) is 0 Å². The minimum absolute atomic E-state index is 0.00960. The van der Waals surface area contributed by atoms with Crippen molar-refractivity contribution in [3.8, 4) is 0 Å². The summed E-state index contributed by atoms with van der Waals surface area (Å²) < 4.78 is 18.4. The molecule has 1 heterocycles. The first-order chi connectivity index (χ1) is 17.8. The maximum Gasteiger partial charge on any atom is 0.338 e. The van der Waals surface area contributed by atoms with Crippen molar-refractivity contribution >= 4 is 46.1 Å². The lowest BCUT2D eigenvalue weighted by Gasteiger charge is -2.32. The highest BCUT2D eigenvalue weighted by atomic mass is 32.2. The summed E-state index contributed by atoms with van der Waals surface area (Å²) in [6.45, 7) is 4.11. The van der Waals surface area contributed by atoms with Crippen LogP contribution in [0.4, 0.5) is 15.8 Å². The number of aryl methyl sites for hydroxylation is 1. The van der Waals surface area contributed by atoms with Gasteiger partial charge in [-0.1, -0.05) is 36.0 Å². The molecule has 37 heavy (non-hydrogen) atoms. The van der Waals surface area contributed by atoms with E-state index in [9.17, 15) is 18.8 Å². The van der Waals surface area contributed by atoms with Gasteiger partial charge in [0.2, 0.25) is 11.8 Å². The van der Waals surface area contributed by atoms with Crippen LogP contribution in [0.1, 0.15) is 34.8 Å². The van der Waals surface area contributed by atoms with E-state index < -0.39 is 11.2 Å². The highest BCUT2D eigenvalue weighted by molar-refractivity contribution is 8.15. The van der Waals surface area contributed by atoms with E-state index in [1.165, 1.54) is 28.8 Å². The fourth-order valence-electron chi connectivity index (χ4n) is 3.71. The van der Waals surface area contributed by atoms with Crippen LogP contribution < -0.4 is 5.32 Å². The van der Waals surface area contributed by atoms with E-state index >= 15 is 0 Å². The molecule has 0 aromatic heterocycles. The molecule has 1 aliphatic rings. The largest absolute Gasteiger partial charge is 0.462 e. The number of carbonyl (C=O) groups excluding carboxylic acids is 3. The van der Waals surface area contributed by atoms with Gasteiger partial charge in [0.25, 0.3) is 0 Å². The number of carbonyl (C=O) groups is 3. The molecule has 9 heteroatoms. The van der Waals surface area contributed by atoms with Crippen LogP contribution in [0.25, 0.3) is 0 Å². The van der Waals surface area contributed by atoms with Crippen LogP contribution in [0.15, 0.2) is 77.8 Å². The summed E-state index contributed by atoms with van der Waals surface area (Å²) in [5.74, 6) is -1.37. The fraction of sp³-hybridized carbons (Fsp3) is 0.214. The predicted molar refractivity (Wildman–Crippen MR) is 142 cm³/mol. The number of amides is 2. The van der Waals surface area contributed by atoms with E-state index in [-0.39, 0.29) is 37.2 Å². The lowest BCUT2D eigenvalue weighted by Crippen LogP contribution is -2.44. The van der Waals surface area contributed by atoms with Crippen molar-refractivity contribution in [2.24, 2.45) is 4.99 Å². The average Bonchev–Trinajstić information content (AvgIpc) is 2.87. The summed E-state index contributed by atoms with van der Waals surface area (Å²) in [7, 11) is 0. The number of thioether (sulfide) groups is 1. The lowest BCUT2D eigenvalue weighted by atomic mass is 10.2. The molecule has 4 rings (SSSR count). The van der Waals surface area contributed by atoms with E-state index in [1.54, 1.807) is 49.4 Å². The first-order valence-corrected chi connectivity index (χ1v) is 12.6. The number of hydrogen-bond acceptors (Lipinski definition) is 6. The zero-order valence-corrected chi connectivity index (χ0v) is 21.3. The summed E-state index contributed by atoms with van der Waals surface area (Å²) in [6, 6.07) is 19.8. The molecule has 0 radical (unpaired) electrons. The van der Waals surface area contributed by atoms with Crippen molar-refractivity contribution in [2.45, 2.75) is 32.1 Å². The number of ether oxygens (including phenoxy) is 1. The number of aliphatic imine (C=N–C) groups is 1. The predicted octanol–water partition coefficient (Wildman–Crippen LogP) is 5.47. The van der Waals surface area contributed by atoms with Gasteiger partial charge in [0.1, 0.15) is 11.1 Å². The molecule has 3 aromatic rings. The second-order valence-corrected chi connectivity index (χ2v) is 9.61. The van der Waals surface area contributed by atoms with Crippen molar-refractivity contribution in [1.82, 2.24) is 4.90 Å². The van der Waals surface area contributed by atoms with Crippen molar-refractivity contribution in [3.63, 3.8) is 0 Å². The zero-order chi connectivity index (χ0) is 26.4. The topological polar surface area (TPSA) is 88.1 Å². The van der Waals surface area contributed by atoms with Crippen molar-refractivity contribution < 1.29 is 23.5 Å². The van der Waals surface area contributed by atoms with E-state index in [0.29, 0.717) is 22.1 Å².